The van der Waals surface area contributed by atoms with Crippen LogP contribution in [0, 0.1) is 5.92 Å². The zero-order valence-corrected chi connectivity index (χ0v) is 12.1. The molecule has 3 rings (SSSR count). The van der Waals surface area contributed by atoms with Gasteiger partial charge in [-0.1, -0.05) is 19.8 Å². The lowest BCUT2D eigenvalue weighted by Gasteiger charge is -2.29. The van der Waals surface area contributed by atoms with Gasteiger partial charge in [0, 0.05) is 24.5 Å². The highest BCUT2D eigenvalue weighted by molar-refractivity contribution is 6.17. The number of alkyl halides is 1. The number of aromatic nitrogens is 3. The lowest BCUT2D eigenvalue weighted by molar-refractivity contribution is 0.282. The minimum Gasteiger partial charge on any atom is -0.310 e. The van der Waals surface area contributed by atoms with Crippen molar-refractivity contribution in [2.24, 2.45) is 5.92 Å². The molecule has 2 unspecified atom stereocenters. The molecule has 2 heterocycles. The van der Waals surface area contributed by atoms with E-state index in [1.54, 1.807) is 0 Å². The Bertz CT molecular complexity index is 564. The van der Waals surface area contributed by atoms with E-state index >= 15 is 0 Å². The number of fused-ring (bicyclic) bond motifs is 1. The molecule has 0 radical (unpaired) electrons. The topological polar surface area (TPSA) is 30.7 Å². The summed E-state index contributed by atoms with van der Waals surface area (Å²) in [6.07, 6.45) is 7.80. The number of nitrogens with zero attached hydrogens (tertiary/aromatic N) is 3. The summed E-state index contributed by atoms with van der Waals surface area (Å²) in [4.78, 5) is 9.26. The van der Waals surface area contributed by atoms with Crippen LogP contribution in [-0.4, -0.2) is 20.4 Å². The van der Waals surface area contributed by atoms with Crippen molar-refractivity contribution < 1.29 is 0 Å². The van der Waals surface area contributed by atoms with Gasteiger partial charge in [-0.2, -0.15) is 0 Å². The molecule has 0 amide bonds. The highest BCUT2D eigenvalue weighted by Crippen LogP contribution is 2.35. The second-order valence-electron chi connectivity index (χ2n) is 5.61. The van der Waals surface area contributed by atoms with Gasteiger partial charge in [-0.25, -0.2) is 9.97 Å². The summed E-state index contributed by atoms with van der Waals surface area (Å²) >= 11 is 5.93. The molecule has 0 saturated heterocycles. The number of imidazole rings is 1. The van der Waals surface area contributed by atoms with Gasteiger partial charge >= 0.3 is 0 Å². The quantitative estimate of drug-likeness (QED) is 0.795. The number of hydrogen-bond acceptors (Lipinski definition) is 2. The Balaban J connectivity index is 2.06. The van der Waals surface area contributed by atoms with E-state index in [9.17, 15) is 0 Å². The predicted octanol–water partition coefficient (Wildman–Crippen LogP) is 3.96. The van der Waals surface area contributed by atoms with Crippen molar-refractivity contribution in [1.29, 1.82) is 0 Å². The summed E-state index contributed by atoms with van der Waals surface area (Å²) in [5.74, 6) is 2.51. The molecule has 3 nitrogen and oxygen atoms in total. The minimum atomic E-state index is 0.543. The van der Waals surface area contributed by atoms with Crippen molar-refractivity contribution in [1.82, 2.24) is 14.5 Å². The van der Waals surface area contributed by atoms with Crippen molar-refractivity contribution in [3.8, 4) is 0 Å². The molecular formula is C15H20ClN3. The van der Waals surface area contributed by atoms with E-state index < -0.39 is 0 Å². The predicted molar refractivity (Wildman–Crippen MR) is 78.6 cm³/mol. The van der Waals surface area contributed by atoms with Gasteiger partial charge in [0.1, 0.15) is 11.3 Å². The largest absolute Gasteiger partial charge is 0.310 e. The molecule has 2 atom stereocenters. The van der Waals surface area contributed by atoms with Gasteiger partial charge in [0.15, 0.2) is 5.65 Å². The van der Waals surface area contributed by atoms with E-state index in [2.05, 4.69) is 16.5 Å². The van der Waals surface area contributed by atoms with Crippen LogP contribution in [0.3, 0.4) is 0 Å². The highest BCUT2D eigenvalue weighted by Gasteiger charge is 2.24. The molecular weight excluding hydrogens is 258 g/mol. The van der Waals surface area contributed by atoms with Crippen LogP contribution in [0.1, 0.15) is 44.5 Å². The molecule has 1 fully saturated rings. The van der Waals surface area contributed by atoms with Crippen molar-refractivity contribution >= 4 is 22.8 Å². The molecule has 102 valence electrons. The number of halogens is 1. The third-order valence-corrected chi connectivity index (χ3v) is 4.30. The summed E-state index contributed by atoms with van der Waals surface area (Å²) in [5.41, 5.74) is 2.03. The monoisotopic (exact) mass is 277 g/mol. The van der Waals surface area contributed by atoms with Crippen LogP contribution < -0.4 is 0 Å². The van der Waals surface area contributed by atoms with E-state index in [4.69, 9.17) is 16.6 Å². The first-order valence-corrected chi connectivity index (χ1v) is 7.71. The SMILES string of the molecule is CC1CCCC(n2c(CCCl)nc3cccnc32)C1. The summed E-state index contributed by atoms with van der Waals surface area (Å²) < 4.78 is 2.35. The number of aryl methyl sites for hydroxylation is 1. The third-order valence-electron chi connectivity index (χ3n) is 4.11. The first kappa shape index (κ1) is 12.9. The number of rotatable bonds is 3. The Morgan fingerprint density at radius 1 is 1.42 bits per heavy atom. The van der Waals surface area contributed by atoms with Gasteiger partial charge in [0.2, 0.25) is 0 Å². The summed E-state index contributed by atoms with van der Waals surface area (Å²) in [6.45, 7) is 2.35. The fourth-order valence-corrected chi connectivity index (χ4v) is 3.43. The van der Waals surface area contributed by atoms with Crippen LogP contribution in [0.2, 0.25) is 0 Å². The van der Waals surface area contributed by atoms with Crippen LogP contribution in [0.4, 0.5) is 0 Å². The van der Waals surface area contributed by atoms with Gasteiger partial charge in [-0.15, -0.1) is 11.6 Å². The molecule has 1 aliphatic rings. The lowest BCUT2D eigenvalue weighted by atomic mass is 9.87. The standard InChI is InChI=1S/C15H20ClN3/c1-11-4-2-5-12(10-11)19-14(7-8-16)18-13-6-3-9-17-15(13)19/h3,6,9,11-12H,2,4-5,7-8,10H2,1H3. The molecule has 1 saturated carbocycles. The summed E-state index contributed by atoms with van der Waals surface area (Å²) in [6, 6.07) is 4.54. The van der Waals surface area contributed by atoms with Crippen LogP contribution in [-0.2, 0) is 6.42 Å². The Morgan fingerprint density at radius 2 is 2.32 bits per heavy atom. The zero-order valence-electron chi connectivity index (χ0n) is 11.3. The summed E-state index contributed by atoms with van der Waals surface area (Å²) in [7, 11) is 0. The van der Waals surface area contributed by atoms with E-state index in [0.717, 1.165) is 29.3 Å². The van der Waals surface area contributed by atoms with Gasteiger partial charge in [-0.05, 0) is 30.9 Å². The maximum atomic E-state index is 5.93. The maximum Gasteiger partial charge on any atom is 0.160 e. The van der Waals surface area contributed by atoms with Gasteiger partial charge < -0.3 is 4.57 Å². The molecule has 4 heteroatoms. The zero-order chi connectivity index (χ0) is 13.2. The Kier molecular flexibility index (Phi) is 3.74. The highest BCUT2D eigenvalue weighted by atomic mass is 35.5. The molecule has 0 N–H and O–H groups in total. The van der Waals surface area contributed by atoms with Crippen molar-refractivity contribution in [3.05, 3.63) is 24.2 Å². The van der Waals surface area contributed by atoms with E-state index in [1.165, 1.54) is 25.7 Å². The van der Waals surface area contributed by atoms with Crippen molar-refractivity contribution in [2.75, 3.05) is 5.88 Å². The molecule has 0 aromatic carbocycles. The van der Waals surface area contributed by atoms with Crippen molar-refractivity contribution in [3.63, 3.8) is 0 Å². The third kappa shape index (κ3) is 2.48. The molecule has 19 heavy (non-hydrogen) atoms. The molecule has 2 aromatic heterocycles. The molecule has 0 bridgehead atoms. The van der Waals surface area contributed by atoms with Crippen LogP contribution >= 0.6 is 11.6 Å². The Labute approximate surface area is 119 Å². The van der Waals surface area contributed by atoms with Crippen LogP contribution in [0.15, 0.2) is 18.3 Å². The van der Waals surface area contributed by atoms with E-state index in [0.29, 0.717) is 11.9 Å². The fraction of sp³-hybridized carbons (Fsp3) is 0.600. The molecule has 0 aliphatic heterocycles. The first-order valence-electron chi connectivity index (χ1n) is 7.17. The smallest absolute Gasteiger partial charge is 0.160 e. The second kappa shape index (κ2) is 5.49. The van der Waals surface area contributed by atoms with Crippen LogP contribution in [0.5, 0.6) is 0 Å². The second-order valence-corrected chi connectivity index (χ2v) is 5.99. The average molecular weight is 278 g/mol. The first-order chi connectivity index (χ1) is 9.29. The summed E-state index contributed by atoms with van der Waals surface area (Å²) in [5, 5.41) is 0. The van der Waals surface area contributed by atoms with Crippen molar-refractivity contribution in [2.45, 2.75) is 45.1 Å². The number of hydrogen-bond donors (Lipinski definition) is 0. The lowest BCUT2D eigenvalue weighted by Crippen LogP contribution is -2.20. The molecule has 2 aromatic rings. The average Bonchev–Trinajstić information content (AvgIpc) is 2.77. The number of pyridine rings is 1. The Hall–Kier alpha value is -1.09. The normalized spacial score (nSPS) is 23.9. The van der Waals surface area contributed by atoms with Gasteiger partial charge in [0.05, 0.1) is 0 Å². The maximum absolute atomic E-state index is 5.93. The Morgan fingerprint density at radius 3 is 3.11 bits per heavy atom. The van der Waals surface area contributed by atoms with Gasteiger partial charge in [-0.3, -0.25) is 0 Å². The van der Waals surface area contributed by atoms with Gasteiger partial charge in [0.25, 0.3) is 0 Å². The van der Waals surface area contributed by atoms with E-state index in [-0.39, 0.29) is 0 Å². The fourth-order valence-electron chi connectivity index (χ4n) is 3.26. The molecule has 0 spiro atoms. The van der Waals surface area contributed by atoms with Crippen LogP contribution in [0.25, 0.3) is 11.2 Å². The molecule has 1 aliphatic carbocycles. The van der Waals surface area contributed by atoms with E-state index in [1.807, 2.05) is 18.3 Å². The minimum absolute atomic E-state index is 0.543.